The summed E-state index contributed by atoms with van der Waals surface area (Å²) in [5.41, 5.74) is 2.50. The van der Waals surface area contributed by atoms with Crippen molar-refractivity contribution in [3.63, 3.8) is 0 Å². The van der Waals surface area contributed by atoms with Crippen molar-refractivity contribution in [2.75, 3.05) is 11.9 Å². The summed E-state index contributed by atoms with van der Waals surface area (Å²) in [5, 5.41) is 3.09. The maximum Gasteiger partial charge on any atom is 0.338 e. The van der Waals surface area contributed by atoms with Gasteiger partial charge in [-0.2, -0.15) is 0 Å². The standard InChI is InChI=1S/C20H16N2O4S/c1-13-18(15-5-3-2-4-6-15)22-20(27-13)21-17(24)12-26-19(25)16-9-7-14(11-23)8-10-16/h2-11H,12H2,1H3,(H,21,22,24). The molecule has 2 aromatic carbocycles. The minimum Gasteiger partial charge on any atom is -0.452 e. The number of carbonyl (C=O) groups excluding carboxylic acids is 3. The van der Waals surface area contributed by atoms with Gasteiger partial charge in [0.05, 0.1) is 11.3 Å². The average molecular weight is 380 g/mol. The van der Waals surface area contributed by atoms with Crippen molar-refractivity contribution in [1.82, 2.24) is 4.98 Å². The van der Waals surface area contributed by atoms with E-state index in [2.05, 4.69) is 10.3 Å². The van der Waals surface area contributed by atoms with Gasteiger partial charge in [0.1, 0.15) is 6.29 Å². The lowest BCUT2D eigenvalue weighted by Gasteiger charge is -2.05. The molecule has 0 atom stereocenters. The van der Waals surface area contributed by atoms with E-state index in [1.54, 1.807) is 0 Å². The van der Waals surface area contributed by atoms with Gasteiger partial charge in [-0.1, -0.05) is 42.5 Å². The van der Waals surface area contributed by atoms with E-state index in [0.29, 0.717) is 17.0 Å². The molecule has 0 unspecified atom stereocenters. The molecule has 1 N–H and O–H groups in total. The number of carbonyl (C=O) groups is 3. The maximum atomic E-state index is 12.0. The van der Waals surface area contributed by atoms with E-state index < -0.39 is 18.5 Å². The minimum atomic E-state index is -0.636. The summed E-state index contributed by atoms with van der Waals surface area (Å²) >= 11 is 1.36. The van der Waals surface area contributed by atoms with Gasteiger partial charge < -0.3 is 4.74 Å². The fourth-order valence-corrected chi connectivity index (χ4v) is 3.23. The van der Waals surface area contributed by atoms with Crippen LogP contribution in [0.5, 0.6) is 0 Å². The Morgan fingerprint density at radius 2 is 1.81 bits per heavy atom. The third-order valence-corrected chi connectivity index (χ3v) is 4.59. The van der Waals surface area contributed by atoms with Crippen LogP contribution in [0.4, 0.5) is 5.13 Å². The Labute approximate surface area is 159 Å². The van der Waals surface area contributed by atoms with Crippen LogP contribution in [0, 0.1) is 6.92 Å². The lowest BCUT2D eigenvalue weighted by molar-refractivity contribution is -0.119. The molecule has 136 valence electrons. The van der Waals surface area contributed by atoms with Crippen LogP contribution >= 0.6 is 11.3 Å². The number of benzene rings is 2. The molecule has 0 radical (unpaired) electrons. The molecule has 27 heavy (non-hydrogen) atoms. The highest BCUT2D eigenvalue weighted by Gasteiger charge is 2.14. The Balaban J connectivity index is 1.58. The zero-order chi connectivity index (χ0) is 19.2. The second kappa shape index (κ2) is 8.37. The van der Waals surface area contributed by atoms with Crippen LogP contribution in [-0.4, -0.2) is 29.8 Å². The van der Waals surface area contributed by atoms with Crippen molar-refractivity contribution < 1.29 is 19.1 Å². The summed E-state index contributed by atoms with van der Waals surface area (Å²) < 4.78 is 4.99. The summed E-state index contributed by atoms with van der Waals surface area (Å²) in [6.45, 7) is 1.51. The molecule has 0 aliphatic carbocycles. The quantitative estimate of drug-likeness (QED) is 0.520. The summed E-state index contributed by atoms with van der Waals surface area (Å²) in [4.78, 5) is 40.0. The fourth-order valence-electron chi connectivity index (χ4n) is 2.38. The molecule has 0 saturated heterocycles. The molecule has 0 aliphatic heterocycles. The molecule has 1 amide bonds. The van der Waals surface area contributed by atoms with Crippen molar-refractivity contribution in [3.8, 4) is 11.3 Å². The summed E-state index contributed by atoms with van der Waals surface area (Å²) in [5.74, 6) is -1.11. The topological polar surface area (TPSA) is 85.4 Å². The number of ether oxygens (including phenoxy) is 1. The Morgan fingerprint density at radius 3 is 2.48 bits per heavy atom. The second-order valence-electron chi connectivity index (χ2n) is 5.65. The molecule has 1 heterocycles. The molecule has 0 saturated carbocycles. The first-order chi connectivity index (χ1) is 13.1. The Bertz CT molecular complexity index is 965. The number of aryl methyl sites for hydroxylation is 1. The van der Waals surface area contributed by atoms with E-state index in [1.165, 1.54) is 35.6 Å². The first-order valence-electron chi connectivity index (χ1n) is 8.12. The Kier molecular flexibility index (Phi) is 5.73. The van der Waals surface area contributed by atoms with Crippen LogP contribution in [0.25, 0.3) is 11.3 Å². The average Bonchev–Trinajstić information content (AvgIpc) is 3.06. The van der Waals surface area contributed by atoms with Crippen LogP contribution < -0.4 is 5.32 Å². The normalized spacial score (nSPS) is 10.3. The molecule has 6 nitrogen and oxygen atoms in total. The van der Waals surface area contributed by atoms with Crippen molar-refractivity contribution in [2.24, 2.45) is 0 Å². The lowest BCUT2D eigenvalue weighted by atomic mass is 10.1. The summed E-state index contributed by atoms with van der Waals surface area (Å²) in [6.07, 6.45) is 0.683. The lowest BCUT2D eigenvalue weighted by Crippen LogP contribution is -2.20. The van der Waals surface area contributed by atoms with Crippen molar-refractivity contribution in [2.45, 2.75) is 6.92 Å². The van der Waals surface area contributed by atoms with E-state index in [4.69, 9.17) is 4.74 Å². The molecule has 0 spiro atoms. The van der Waals surface area contributed by atoms with E-state index in [1.807, 2.05) is 37.3 Å². The second-order valence-corrected chi connectivity index (χ2v) is 6.86. The van der Waals surface area contributed by atoms with Gasteiger partial charge in [-0.3, -0.25) is 14.9 Å². The summed E-state index contributed by atoms with van der Waals surface area (Å²) in [6, 6.07) is 15.6. The van der Waals surface area contributed by atoms with E-state index in [0.717, 1.165) is 16.1 Å². The number of rotatable bonds is 6. The number of esters is 1. The summed E-state index contributed by atoms with van der Waals surface area (Å²) in [7, 11) is 0. The van der Waals surface area contributed by atoms with Gasteiger partial charge in [0, 0.05) is 16.0 Å². The highest BCUT2D eigenvalue weighted by Crippen LogP contribution is 2.30. The molecular formula is C20H16N2O4S. The number of anilines is 1. The van der Waals surface area contributed by atoms with Gasteiger partial charge >= 0.3 is 5.97 Å². The molecule has 1 aromatic heterocycles. The number of nitrogens with zero attached hydrogens (tertiary/aromatic N) is 1. The SMILES string of the molecule is Cc1sc(NC(=O)COC(=O)c2ccc(C=O)cc2)nc1-c1ccccc1. The highest BCUT2D eigenvalue weighted by atomic mass is 32.1. The van der Waals surface area contributed by atoms with Crippen molar-refractivity contribution in [1.29, 1.82) is 0 Å². The zero-order valence-electron chi connectivity index (χ0n) is 14.5. The number of amides is 1. The van der Waals surface area contributed by atoms with Gasteiger partial charge in [-0.15, -0.1) is 11.3 Å². The third kappa shape index (κ3) is 4.65. The van der Waals surface area contributed by atoms with Gasteiger partial charge in [-0.25, -0.2) is 9.78 Å². The van der Waals surface area contributed by atoms with Gasteiger partial charge in [-0.05, 0) is 19.1 Å². The minimum absolute atomic E-state index is 0.268. The first kappa shape index (κ1) is 18.5. The number of nitrogens with one attached hydrogen (secondary N) is 1. The predicted molar refractivity (Wildman–Crippen MR) is 103 cm³/mol. The van der Waals surface area contributed by atoms with Gasteiger partial charge in [0.15, 0.2) is 11.7 Å². The van der Waals surface area contributed by atoms with Crippen molar-refractivity contribution in [3.05, 3.63) is 70.6 Å². The van der Waals surface area contributed by atoms with Gasteiger partial charge in [0.2, 0.25) is 0 Å². The molecule has 0 aliphatic rings. The molecule has 3 rings (SSSR count). The number of hydrogen-bond donors (Lipinski definition) is 1. The number of hydrogen-bond acceptors (Lipinski definition) is 6. The van der Waals surface area contributed by atoms with E-state index in [-0.39, 0.29) is 5.56 Å². The largest absolute Gasteiger partial charge is 0.452 e. The Hall–Kier alpha value is -3.32. The van der Waals surface area contributed by atoms with Crippen LogP contribution in [0.15, 0.2) is 54.6 Å². The predicted octanol–water partition coefficient (Wildman–Crippen LogP) is 3.73. The fraction of sp³-hybridized carbons (Fsp3) is 0.100. The van der Waals surface area contributed by atoms with E-state index in [9.17, 15) is 14.4 Å². The monoisotopic (exact) mass is 380 g/mol. The number of aromatic nitrogens is 1. The van der Waals surface area contributed by atoms with Crippen LogP contribution in [0.3, 0.4) is 0 Å². The third-order valence-electron chi connectivity index (χ3n) is 3.71. The maximum absolute atomic E-state index is 12.0. The number of thiazole rings is 1. The Morgan fingerprint density at radius 1 is 1.11 bits per heavy atom. The molecule has 0 bridgehead atoms. The van der Waals surface area contributed by atoms with Crippen LogP contribution in [-0.2, 0) is 9.53 Å². The first-order valence-corrected chi connectivity index (χ1v) is 8.93. The van der Waals surface area contributed by atoms with Crippen LogP contribution in [0.2, 0.25) is 0 Å². The highest BCUT2D eigenvalue weighted by molar-refractivity contribution is 7.16. The van der Waals surface area contributed by atoms with E-state index >= 15 is 0 Å². The molecule has 0 fully saturated rings. The smallest absolute Gasteiger partial charge is 0.338 e. The molecule has 7 heteroatoms. The number of aldehydes is 1. The molecule has 3 aromatic rings. The van der Waals surface area contributed by atoms with Crippen LogP contribution in [0.1, 0.15) is 25.6 Å². The molecular weight excluding hydrogens is 364 g/mol. The van der Waals surface area contributed by atoms with Crippen molar-refractivity contribution >= 4 is 34.6 Å². The zero-order valence-corrected chi connectivity index (χ0v) is 15.3. The van der Waals surface area contributed by atoms with Gasteiger partial charge in [0.25, 0.3) is 5.91 Å².